The Morgan fingerprint density at radius 3 is 2.44 bits per heavy atom. The topological polar surface area (TPSA) is 142 Å². The van der Waals surface area contributed by atoms with Gasteiger partial charge in [-0.3, -0.25) is 19.1 Å². The van der Waals surface area contributed by atoms with E-state index in [9.17, 15) is 27.6 Å². The van der Waals surface area contributed by atoms with Crippen LogP contribution in [0.3, 0.4) is 0 Å². The number of rotatable bonds is 9. The van der Waals surface area contributed by atoms with Crippen LogP contribution >= 0.6 is 11.3 Å². The average molecular weight is 612 g/mol. The van der Waals surface area contributed by atoms with Crippen molar-refractivity contribution >= 4 is 44.8 Å². The fourth-order valence-electron chi connectivity index (χ4n) is 4.39. The molecule has 222 valence electrons. The van der Waals surface area contributed by atoms with Gasteiger partial charge in [0.25, 0.3) is 11.8 Å². The van der Waals surface area contributed by atoms with Gasteiger partial charge in [-0.1, -0.05) is 0 Å². The molecule has 1 aromatic carbocycles. The lowest BCUT2D eigenvalue weighted by atomic mass is 10.0. The molecule has 0 saturated heterocycles. The Labute approximate surface area is 246 Å². The lowest BCUT2D eigenvalue weighted by Crippen LogP contribution is -2.16. The zero-order chi connectivity index (χ0) is 31.1. The van der Waals surface area contributed by atoms with Gasteiger partial charge in [0.2, 0.25) is 0 Å². The first-order chi connectivity index (χ1) is 20.3. The van der Waals surface area contributed by atoms with E-state index >= 15 is 0 Å². The summed E-state index contributed by atoms with van der Waals surface area (Å²) < 4.78 is 54.3. The van der Waals surface area contributed by atoms with Gasteiger partial charge in [-0.05, 0) is 68.8 Å². The Bertz CT molecular complexity index is 1870. The van der Waals surface area contributed by atoms with Crippen LogP contribution in [-0.2, 0) is 19.3 Å². The molecule has 0 atom stereocenters. The van der Waals surface area contributed by atoms with Crippen molar-refractivity contribution in [2.45, 2.75) is 40.1 Å². The Balaban J connectivity index is 1.49. The SMILES string of the molecule is CCn1cc(-c2cc(C(F)(F)F)nc3sc(C(N)=O)c(NC(=O)c4ccc(COc5ccc(C(C)=O)cc5)o4)c23)c(C)n1. The summed E-state index contributed by atoms with van der Waals surface area (Å²) in [6, 6.07) is 10.3. The number of primary amides is 1. The lowest BCUT2D eigenvalue weighted by Gasteiger charge is -2.11. The van der Waals surface area contributed by atoms with Crippen molar-refractivity contribution in [3.63, 3.8) is 0 Å². The summed E-state index contributed by atoms with van der Waals surface area (Å²) in [7, 11) is 0. The van der Waals surface area contributed by atoms with E-state index in [-0.39, 0.29) is 44.5 Å². The van der Waals surface area contributed by atoms with Gasteiger partial charge in [-0.2, -0.15) is 18.3 Å². The molecule has 4 aromatic heterocycles. The summed E-state index contributed by atoms with van der Waals surface area (Å²) in [6.45, 7) is 5.36. The average Bonchev–Trinajstić information content (AvgIpc) is 3.68. The highest BCUT2D eigenvalue weighted by molar-refractivity contribution is 7.21. The fourth-order valence-corrected chi connectivity index (χ4v) is 5.39. The van der Waals surface area contributed by atoms with Crippen LogP contribution in [0.2, 0.25) is 0 Å². The number of aromatic nitrogens is 3. The Kier molecular flexibility index (Phi) is 7.80. The fraction of sp³-hybridized carbons (Fsp3) is 0.207. The number of pyridine rings is 1. The van der Waals surface area contributed by atoms with Gasteiger partial charge in [0.15, 0.2) is 11.5 Å². The molecule has 0 saturated carbocycles. The maximum Gasteiger partial charge on any atom is 0.433 e. The molecule has 0 fully saturated rings. The van der Waals surface area contributed by atoms with Crippen molar-refractivity contribution in [2.24, 2.45) is 5.73 Å². The first-order valence-electron chi connectivity index (χ1n) is 12.9. The number of carbonyl (C=O) groups excluding carboxylic acids is 3. The number of nitrogens with two attached hydrogens (primary N) is 1. The maximum atomic E-state index is 13.8. The second-order valence-electron chi connectivity index (χ2n) is 9.48. The minimum Gasteiger partial charge on any atom is -0.486 e. The van der Waals surface area contributed by atoms with E-state index in [0.717, 1.165) is 6.07 Å². The third-order valence-corrected chi connectivity index (χ3v) is 7.60. The number of halogens is 3. The first-order valence-corrected chi connectivity index (χ1v) is 13.7. The van der Waals surface area contributed by atoms with Crippen molar-refractivity contribution in [2.75, 3.05) is 5.32 Å². The van der Waals surface area contributed by atoms with Crippen LogP contribution in [0.25, 0.3) is 21.3 Å². The number of Topliss-reactive ketones (excluding diaryl/α,β-unsaturated/α-hetero) is 1. The van der Waals surface area contributed by atoms with E-state index in [1.807, 2.05) is 6.92 Å². The summed E-state index contributed by atoms with van der Waals surface area (Å²) in [4.78, 5) is 40.6. The molecule has 0 bridgehead atoms. The number of ketones is 1. The van der Waals surface area contributed by atoms with Crippen molar-refractivity contribution in [1.82, 2.24) is 14.8 Å². The normalized spacial score (nSPS) is 11.6. The summed E-state index contributed by atoms with van der Waals surface area (Å²) in [6.07, 6.45) is -3.19. The van der Waals surface area contributed by atoms with Gasteiger partial charge in [0.05, 0.1) is 11.4 Å². The number of thiophene rings is 1. The first kappa shape index (κ1) is 29.5. The van der Waals surface area contributed by atoms with Gasteiger partial charge < -0.3 is 20.2 Å². The van der Waals surface area contributed by atoms with Gasteiger partial charge in [0, 0.05) is 29.3 Å². The predicted molar refractivity (Wildman–Crippen MR) is 152 cm³/mol. The predicted octanol–water partition coefficient (Wildman–Crippen LogP) is 6.23. The lowest BCUT2D eigenvalue weighted by molar-refractivity contribution is -0.140. The number of benzene rings is 1. The number of nitrogens with one attached hydrogen (secondary N) is 1. The monoisotopic (exact) mass is 611 g/mol. The number of ether oxygens (including phenoxy) is 1. The summed E-state index contributed by atoms with van der Waals surface area (Å²) in [5.41, 5.74) is 5.76. The van der Waals surface area contributed by atoms with Crippen LogP contribution in [0, 0.1) is 6.92 Å². The Morgan fingerprint density at radius 2 is 1.84 bits per heavy atom. The van der Waals surface area contributed by atoms with Gasteiger partial charge in [-0.15, -0.1) is 11.3 Å². The molecule has 43 heavy (non-hydrogen) atoms. The number of alkyl halides is 3. The molecule has 0 radical (unpaired) electrons. The number of fused-ring (bicyclic) bond motifs is 1. The summed E-state index contributed by atoms with van der Waals surface area (Å²) in [5.74, 6) is -1.18. The number of aryl methyl sites for hydroxylation is 2. The van der Waals surface area contributed by atoms with Crippen LogP contribution in [0.4, 0.5) is 18.9 Å². The maximum absolute atomic E-state index is 13.8. The molecule has 5 aromatic rings. The highest BCUT2D eigenvalue weighted by Gasteiger charge is 2.35. The third-order valence-electron chi connectivity index (χ3n) is 6.50. The van der Waals surface area contributed by atoms with Gasteiger partial charge >= 0.3 is 6.18 Å². The zero-order valence-corrected chi connectivity index (χ0v) is 23.9. The number of furan rings is 1. The minimum atomic E-state index is -4.78. The number of carbonyl (C=O) groups is 3. The third kappa shape index (κ3) is 6.00. The molecule has 3 N–H and O–H groups in total. The van der Waals surface area contributed by atoms with Crippen LogP contribution < -0.4 is 15.8 Å². The quantitative estimate of drug-likeness (QED) is 0.188. The van der Waals surface area contributed by atoms with Gasteiger partial charge in [0.1, 0.15) is 33.5 Å². The van der Waals surface area contributed by atoms with Gasteiger partial charge in [-0.25, -0.2) is 4.98 Å². The Morgan fingerprint density at radius 1 is 1.12 bits per heavy atom. The van der Waals surface area contributed by atoms with E-state index in [4.69, 9.17) is 14.9 Å². The van der Waals surface area contributed by atoms with E-state index < -0.39 is 23.7 Å². The van der Waals surface area contributed by atoms with Crippen LogP contribution in [0.1, 0.15) is 61.6 Å². The molecular weight excluding hydrogens is 587 g/mol. The molecule has 14 heteroatoms. The van der Waals surface area contributed by atoms with Crippen molar-refractivity contribution in [1.29, 1.82) is 0 Å². The van der Waals surface area contributed by atoms with E-state index in [1.54, 1.807) is 42.1 Å². The molecule has 4 heterocycles. The largest absolute Gasteiger partial charge is 0.486 e. The number of hydrogen-bond donors (Lipinski definition) is 2. The molecular formula is C29H24F3N5O5S. The number of nitrogens with zero attached hydrogens (tertiary/aromatic N) is 3. The highest BCUT2D eigenvalue weighted by atomic mass is 32.1. The van der Waals surface area contributed by atoms with Crippen LogP contribution in [0.5, 0.6) is 5.75 Å². The van der Waals surface area contributed by atoms with E-state index in [1.165, 1.54) is 19.1 Å². The number of hydrogen-bond acceptors (Lipinski definition) is 8. The van der Waals surface area contributed by atoms with Crippen molar-refractivity contribution in [3.8, 4) is 16.9 Å². The molecule has 5 rings (SSSR count). The second kappa shape index (κ2) is 11.4. The van der Waals surface area contributed by atoms with E-state index in [0.29, 0.717) is 46.2 Å². The van der Waals surface area contributed by atoms with Crippen LogP contribution in [0.15, 0.2) is 53.1 Å². The van der Waals surface area contributed by atoms with Crippen molar-refractivity contribution < 1.29 is 36.7 Å². The Hall–Kier alpha value is -4.98. The number of anilines is 1. The number of amides is 2. The molecule has 0 aliphatic carbocycles. The molecule has 0 spiro atoms. The van der Waals surface area contributed by atoms with E-state index in [2.05, 4.69) is 15.4 Å². The summed E-state index contributed by atoms with van der Waals surface area (Å²) in [5, 5.41) is 7.05. The summed E-state index contributed by atoms with van der Waals surface area (Å²) >= 11 is 0.641. The molecule has 10 nitrogen and oxygen atoms in total. The zero-order valence-electron chi connectivity index (χ0n) is 23.0. The smallest absolute Gasteiger partial charge is 0.433 e. The van der Waals surface area contributed by atoms with Crippen molar-refractivity contribution in [3.05, 3.63) is 82.0 Å². The standard InChI is InChI=1S/C29H24F3N5O5S/c1-4-37-12-20(14(2)36-37)19-11-22(29(30,31)32)34-28-23(19)24(25(43-28)26(33)39)35-27(40)21-10-9-18(42-21)13-41-17-7-5-16(6-8-17)15(3)38/h5-12H,4,13H2,1-3H3,(H2,33,39)(H,35,40). The molecule has 0 aliphatic rings. The second-order valence-corrected chi connectivity index (χ2v) is 10.5. The molecule has 0 aliphatic heterocycles. The van der Waals surface area contributed by atoms with Crippen LogP contribution in [-0.4, -0.2) is 32.4 Å². The molecule has 2 amide bonds. The molecule has 0 unspecified atom stereocenters. The highest BCUT2D eigenvalue weighted by Crippen LogP contribution is 2.44. The minimum absolute atomic E-state index is 0.0321.